The molecule has 0 saturated heterocycles. The number of rotatable bonds is 4. The first kappa shape index (κ1) is 32.1. The predicted octanol–water partition coefficient (Wildman–Crippen LogP) is 14.3. The minimum Gasteiger partial charge on any atom is -0.305 e. The molecule has 0 fully saturated rings. The molecule has 1 spiro atoms. The van der Waals surface area contributed by atoms with Gasteiger partial charge in [0.1, 0.15) is 0 Å². The lowest BCUT2D eigenvalue weighted by Crippen LogP contribution is -2.26. The third-order valence-electron chi connectivity index (χ3n) is 11.9. The van der Waals surface area contributed by atoms with Gasteiger partial charge < -0.3 is 4.90 Å². The molecule has 1 heterocycles. The Balaban J connectivity index is 1.12. The Bertz CT molecular complexity index is 2790. The van der Waals surface area contributed by atoms with Crippen LogP contribution in [0, 0.1) is 0 Å². The number of hydrogen-bond donors (Lipinski definition) is 0. The highest BCUT2D eigenvalue weighted by Gasteiger charge is 2.52. The zero-order chi connectivity index (χ0) is 36.5. The molecule has 0 radical (unpaired) electrons. The third-order valence-corrected chi connectivity index (χ3v) is 13.1. The molecule has 0 amide bonds. The van der Waals surface area contributed by atoms with Gasteiger partial charge in [0.05, 0.1) is 10.4 Å². The standard InChI is InChI=1S/C53H37NS/c1-35-14-13-25-51(55-50-24-12-8-17-41(35)50)54(39-29-26-37(27-30-39)36-15-3-2-4-16-36)40-31-33-42-38(34-40)28-32-46-45-20-7-11-23-49(45)53(52(42)46)47-21-9-5-18-43(47)44-19-6-10-22-48(44)53/h2-11,13-23,25-34H,1,12,24H2/b14-13-,51-25-. The van der Waals surface area contributed by atoms with Gasteiger partial charge >= 0.3 is 0 Å². The molecule has 1 nitrogen and oxygen atoms in total. The van der Waals surface area contributed by atoms with Crippen LogP contribution < -0.4 is 4.90 Å². The van der Waals surface area contributed by atoms with E-state index in [0.29, 0.717) is 0 Å². The summed E-state index contributed by atoms with van der Waals surface area (Å²) in [5.74, 6) is 0. The summed E-state index contributed by atoms with van der Waals surface area (Å²) in [6.45, 7) is 4.41. The topological polar surface area (TPSA) is 3.24 Å². The van der Waals surface area contributed by atoms with Crippen molar-refractivity contribution in [3.05, 3.63) is 238 Å². The van der Waals surface area contributed by atoms with Crippen LogP contribution in [0.25, 0.3) is 44.2 Å². The van der Waals surface area contributed by atoms with Crippen molar-refractivity contribution in [3.8, 4) is 33.4 Å². The van der Waals surface area contributed by atoms with Crippen molar-refractivity contribution in [1.29, 1.82) is 0 Å². The van der Waals surface area contributed by atoms with Crippen molar-refractivity contribution in [2.75, 3.05) is 4.90 Å². The van der Waals surface area contributed by atoms with Gasteiger partial charge in [-0.05, 0) is 126 Å². The number of benzene rings is 7. The smallest absolute Gasteiger partial charge is 0.0843 e. The largest absolute Gasteiger partial charge is 0.305 e. The average molecular weight is 720 g/mol. The lowest BCUT2D eigenvalue weighted by atomic mass is 9.69. The van der Waals surface area contributed by atoms with E-state index in [1.807, 2.05) is 11.8 Å². The quantitative estimate of drug-likeness (QED) is 0.178. The average Bonchev–Trinajstić information content (AvgIpc) is 3.71. The number of anilines is 2. The lowest BCUT2D eigenvalue weighted by Gasteiger charge is -2.32. The SMILES string of the molecule is C=C1/C=C\C=C(\N(c2ccc(-c3ccccc3)cc2)c2ccc3c4c(ccc3c2)-c2ccccc2C42c3ccccc3-c3ccccc32)SC2=C1C=CCC2. The van der Waals surface area contributed by atoms with Gasteiger partial charge in [-0.25, -0.2) is 0 Å². The van der Waals surface area contributed by atoms with Crippen molar-refractivity contribution >= 4 is 33.9 Å². The maximum atomic E-state index is 4.41. The fourth-order valence-corrected chi connectivity index (χ4v) is 10.8. The Morgan fingerprint density at radius 3 is 1.89 bits per heavy atom. The van der Waals surface area contributed by atoms with E-state index in [-0.39, 0.29) is 0 Å². The summed E-state index contributed by atoms with van der Waals surface area (Å²) in [4.78, 5) is 3.81. The van der Waals surface area contributed by atoms with Gasteiger partial charge in [-0.1, -0.05) is 176 Å². The number of thioether (sulfide) groups is 1. The van der Waals surface area contributed by atoms with E-state index in [9.17, 15) is 0 Å². The molecule has 3 aliphatic carbocycles. The first-order chi connectivity index (χ1) is 27.2. The molecule has 2 heteroatoms. The van der Waals surface area contributed by atoms with E-state index < -0.39 is 5.41 Å². The van der Waals surface area contributed by atoms with Crippen LogP contribution in [0.5, 0.6) is 0 Å². The molecular formula is C53H37NS. The second kappa shape index (κ2) is 12.6. The van der Waals surface area contributed by atoms with Crippen LogP contribution in [0.1, 0.15) is 35.1 Å². The number of hydrogen-bond acceptors (Lipinski definition) is 2. The van der Waals surface area contributed by atoms with Crippen LogP contribution in [-0.4, -0.2) is 0 Å². The van der Waals surface area contributed by atoms with Crippen molar-refractivity contribution in [1.82, 2.24) is 0 Å². The van der Waals surface area contributed by atoms with Gasteiger partial charge in [-0.15, -0.1) is 0 Å². The van der Waals surface area contributed by atoms with Crippen LogP contribution in [0.2, 0.25) is 0 Å². The van der Waals surface area contributed by atoms with E-state index in [0.717, 1.165) is 29.8 Å². The van der Waals surface area contributed by atoms with E-state index >= 15 is 0 Å². The Labute approximate surface area is 327 Å². The maximum absolute atomic E-state index is 4.41. The Morgan fingerprint density at radius 1 is 0.564 bits per heavy atom. The van der Waals surface area contributed by atoms with Gasteiger partial charge in [-0.3, -0.25) is 0 Å². The molecule has 0 N–H and O–H groups in total. The van der Waals surface area contributed by atoms with E-state index in [2.05, 4.69) is 200 Å². The molecule has 11 rings (SSSR count). The normalized spacial score (nSPS) is 17.4. The molecule has 4 aliphatic rings. The third kappa shape index (κ3) is 4.81. The molecule has 0 atom stereocenters. The van der Waals surface area contributed by atoms with Crippen LogP contribution in [0.3, 0.4) is 0 Å². The fourth-order valence-electron chi connectivity index (χ4n) is 9.55. The Hall–Kier alpha value is -6.35. The van der Waals surface area contributed by atoms with Gasteiger partial charge in [0.25, 0.3) is 0 Å². The van der Waals surface area contributed by atoms with Crippen LogP contribution >= 0.6 is 11.8 Å². The zero-order valence-corrected chi connectivity index (χ0v) is 31.2. The highest BCUT2D eigenvalue weighted by molar-refractivity contribution is 8.06. The molecule has 0 saturated carbocycles. The van der Waals surface area contributed by atoms with Crippen LogP contribution in [-0.2, 0) is 5.41 Å². The summed E-state index contributed by atoms with van der Waals surface area (Å²) in [5, 5.41) is 3.69. The first-order valence-corrected chi connectivity index (χ1v) is 20.0. The number of nitrogens with zero attached hydrogens (tertiary/aromatic N) is 1. The summed E-state index contributed by atoms with van der Waals surface area (Å²) >= 11 is 1.87. The van der Waals surface area contributed by atoms with Crippen molar-refractivity contribution in [2.24, 2.45) is 0 Å². The predicted molar refractivity (Wildman–Crippen MR) is 234 cm³/mol. The first-order valence-electron chi connectivity index (χ1n) is 19.2. The van der Waals surface area contributed by atoms with E-state index in [4.69, 9.17) is 0 Å². The van der Waals surface area contributed by atoms with E-state index in [1.54, 1.807) is 0 Å². The Morgan fingerprint density at radius 2 is 1.18 bits per heavy atom. The summed E-state index contributed by atoms with van der Waals surface area (Å²) < 4.78 is 0. The Kier molecular flexibility index (Phi) is 7.37. The van der Waals surface area contributed by atoms with Crippen molar-refractivity contribution in [3.63, 3.8) is 0 Å². The summed E-state index contributed by atoms with van der Waals surface area (Å²) in [5.41, 5.74) is 17.4. The molecule has 260 valence electrons. The second-order valence-electron chi connectivity index (χ2n) is 14.8. The monoisotopic (exact) mass is 719 g/mol. The fraction of sp³-hybridized carbons (Fsp3) is 0.0566. The molecular weight excluding hydrogens is 683 g/mol. The summed E-state index contributed by atoms with van der Waals surface area (Å²) in [7, 11) is 0. The minimum atomic E-state index is -0.393. The molecule has 0 unspecified atom stereocenters. The molecule has 0 bridgehead atoms. The van der Waals surface area contributed by atoms with Crippen molar-refractivity contribution in [2.45, 2.75) is 18.3 Å². The van der Waals surface area contributed by atoms with Gasteiger partial charge in [-0.2, -0.15) is 0 Å². The highest BCUT2D eigenvalue weighted by Crippen LogP contribution is 2.64. The van der Waals surface area contributed by atoms with Crippen molar-refractivity contribution < 1.29 is 0 Å². The molecule has 1 aliphatic heterocycles. The summed E-state index contributed by atoms with van der Waals surface area (Å²) in [6.07, 6.45) is 13.2. The van der Waals surface area contributed by atoms with Gasteiger partial charge in [0, 0.05) is 11.4 Å². The van der Waals surface area contributed by atoms with Crippen LogP contribution in [0.15, 0.2) is 216 Å². The maximum Gasteiger partial charge on any atom is 0.0843 e. The second-order valence-corrected chi connectivity index (χ2v) is 15.9. The minimum absolute atomic E-state index is 0.393. The zero-order valence-electron chi connectivity index (χ0n) is 30.4. The molecule has 7 aromatic rings. The van der Waals surface area contributed by atoms with Gasteiger partial charge in [0.15, 0.2) is 0 Å². The van der Waals surface area contributed by atoms with Crippen LogP contribution in [0.4, 0.5) is 11.4 Å². The highest BCUT2D eigenvalue weighted by atomic mass is 32.2. The molecule has 0 aromatic heterocycles. The van der Waals surface area contributed by atoms with E-state index in [1.165, 1.54) is 81.9 Å². The summed E-state index contributed by atoms with van der Waals surface area (Å²) in [6, 6.07) is 58.7. The lowest BCUT2D eigenvalue weighted by molar-refractivity contribution is 0.801. The molecule has 55 heavy (non-hydrogen) atoms. The molecule has 7 aromatic carbocycles. The van der Waals surface area contributed by atoms with Gasteiger partial charge in [0.2, 0.25) is 0 Å². The number of allylic oxidation sites excluding steroid dienone is 8. The number of fused-ring (bicyclic) bond motifs is 12.